The third-order valence-corrected chi connectivity index (χ3v) is 2.92. The zero-order valence-electron chi connectivity index (χ0n) is 8.43. The maximum atomic E-state index is 11.5. The molecule has 0 aliphatic carbocycles. The van der Waals surface area contributed by atoms with Gasteiger partial charge in [-0.05, 0) is 5.92 Å². The number of halogens is 1. The molecular formula is C9H12ClNO5. The van der Waals surface area contributed by atoms with Crippen molar-refractivity contribution in [2.75, 3.05) is 12.4 Å². The fraction of sp³-hybridized carbons (Fsp3) is 0.667. The summed E-state index contributed by atoms with van der Waals surface area (Å²) in [5.41, 5.74) is 0. The average molecular weight is 250 g/mol. The highest BCUT2D eigenvalue weighted by Crippen LogP contribution is 2.22. The lowest BCUT2D eigenvalue weighted by atomic mass is 10.1. The molecule has 7 heteroatoms. The van der Waals surface area contributed by atoms with Crippen LogP contribution in [-0.4, -0.2) is 51.4 Å². The second-order valence-corrected chi connectivity index (χ2v) is 4.03. The van der Waals surface area contributed by atoms with Crippen LogP contribution in [0.1, 0.15) is 12.8 Å². The Kier molecular flexibility index (Phi) is 4.12. The van der Waals surface area contributed by atoms with E-state index in [2.05, 4.69) is 0 Å². The molecule has 0 aromatic rings. The Labute approximate surface area is 96.8 Å². The predicted molar refractivity (Wildman–Crippen MR) is 54.2 cm³/mol. The highest BCUT2D eigenvalue weighted by atomic mass is 35.5. The Morgan fingerprint density at radius 2 is 2.12 bits per heavy atom. The average Bonchev–Trinajstić information content (AvgIpc) is 2.55. The first-order chi connectivity index (χ1) is 7.45. The number of likely N-dealkylation sites (tertiary alicyclic amines) is 1. The minimum absolute atomic E-state index is 0.0928. The molecule has 90 valence electrons. The van der Waals surface area contributed by atoms with E-state index < -0.39 is 24.4 Å². The fourth-order valence-electron chi connectivity index (χ4n) is 1.71. The molecule has 0 bridgehead atoms. The number of carboxylic acids is 2. The van der Waals surface area contributed by atoms with Gasteiger partial charge < -0.3 is 15.1 Å². The molecule has 1 heterocycles. The first kappa shape index (κ1) is 12.8. The second kappa shape index (κ2) is 5.16. The van der Waals surface area contributed by atoms with E-state index in [1.165, 1.54) is 0 Å². The van der Waals surface area contributed by atoms with Gasteiger partial charge in [-0.25, -0.2) is 4.79 Å². The molecule has 2 atom stereocenters. The van der Waals surface area contributed by atoms with Crippen molar-refractivity contribution in [2.45, 2.75) is 18.9 Å². The van der Waals surface area contributed by atoms with Crippen molar-refractivity contribution in [3.63, 3.8) is 0 Å². The molecule has 0 spiro atoms. The Morgan fingerprint density at radius 1 is 1.50 bits per heavy atom. The Balaban J connectivity index is 2.75. The van der Waals surface area contributed by atoms with Gasteiger partial charge in [-0.3, -0.25) is 9.59 Å². The smallest absolute Gasteiger partial charge is 0.327 e. The maximum Gasteiger partial charge on any atom is 0.327 e. The van der Waals surface area contributed by atoms with E-state index in [0.29, 0.717) is 0 Å². The largest absolute Gasteiger partial charge is 0.481 e. The number of alkyl halides is 1. The Bertz CT molecular complexity index is 319. The number of rotatable bonds is 5. The monoisotopic (exact) mass is 249 g/mol. The van der Waals surface area contributed by atoms with E-state index in [-0.39, 0.29) is 30.7 Å². The number of amides is 1. The van der Waals surface area contributed by atoms with Crippen LogP contribution < -0.4 is 0 Å². The molecule has 2 N–H and O–H groups in total. The molecule has 1 saturated heterocycles. The van der Waals surface area contributed by atoms with Gasteiger partial charge in [0, 0.05) is 18.8 Å². The van der Waals surface area contributed by atoms with Gasteiger partial charge in [0.25, 0.3) is 0 Å². The van der Waals surface area contributed by atoms with E-state index in [1.54, 1.807) is 0 Å². The fourth-order valence-corrected chi connectivity index (χ4v) is 1.92. The summed E-state index contributed by atoms with van der Waals surface area (Å²) in [4.78, 5) is 33.9. The number of carbonyl (C=O) groups excluding carboxylic acids is 1. The molecule has 0 saturated carbocycles. The van der Waals surface area contributed by atoms with Crippen LogP contribution in [0.15, 0.2) is 0 Å². The predicted octanol–water partition coefficient (Wildman–Crippen LogP) is 0.00160. The van der Waals surface area contributed by atoms with E-state index in [1.807, 2.05) is 0 Å². The zero-order valence-corrected chi connectivity index (χ0v) is 9.18. The van der Waals surface area contributed by atoms with Crippen LogP contribution in [-0.2, 0) is 14.4 Å². The second-order valence-electron chi connectivity index (χ2n) is 3.72. The summed E-state index contributed by atoms with van der Waals surface area (Å²) in [6, 6.07) is -1.29. The minimum atomic E-state index is -1.30. The molecule has 0 aromatic heterocycles. The molecule has 1 unspecified atom stereocenters. The standard InChI is InChI=1S/C9H12ClNO5/c10-3-5-1-7(12)11(4-5)6(9(15)16)2-8(13)14/h5-6H,1-4H2,(H,13,14)(H,15,16)/t5?,6-/m0/s1. The third-order valence-electron chi connectivity index (χ3n) is 2.49. The first-order valence-electron chi connectivity index (χ1n) is 4.75. The van der Waals surface area contributed by atoms with Crippen molar-refractivity contribution >= 4 is 29.4 Å². The van der Waals surface area contributed by atoms with Crippen LogP contribution in [0.4, 0.5) is 0 Å². The van der Waals surface area contributed by atoms with Crippen molar-refractivity contribution in [3.05, 3.63) is 0 Å². The third kappa shape index (κ3) is 2.85. The van der Waals surface area contributed by atoms with E-state index in [9.17, 15) is 14.4 Å². The van der Waals surface area contributed by atoms with Crippen molar-refractivity contribution < 1.29 is 24.6 Å². The lowest BCUT2D eigenvalue weighted by molar-refractivity contribution is -0.153. The highest BCUT2D eigenvalue weighted by Gasteiger charge is 2.38. The molecule has 6 nitrogen and oxygen atoms in total. The topological polar surface area (TPSA) is 94.9 Å². The van der Waals surface area contributed by atoms with Gasteiger partial charge in [-0.2, -0.15) is 0 Å². The van der Waals surface area contributed by atoms with Gasteiger partial charge in [0.2, 0.25) is 5.91 Å². The van der Waals surface area contributed by atoms with E-state index >= 15 is 0 Å². The molecule has 0 aromatic carbocycles. The Morgan fingerprint density at radius 3 is 2.50 bits per heavy atom. The molecular weight excluding hydrogens is 238 g/mol. The van der Waals surface area contributed by atoms with Crippen molar-refractivity contribution in [3.8, 4) is 0 Å². The molecule has 1 fully saturated rings. The lowest BCUT2D eigenvalue weighted by Crippen LogP contribution is -2.43. The van der Waals surface area contributed by atoms with Crippen LogP contribution in [0, 0.1) is 5.92 Å². The summed E-state index contributed by atoms with van der Waals surface area (Å²) < 4.78 is 0. The molecule has 1 aliphatic rings. The molecule has 0 radical (unpaired) electrons. The van der Waals surface area contributed by atoms with Crippen LogP contribution in [0.25, 0.3) is 0 Å². The summed E-state index contributed by atoms with van der Waals surface area (Å²) in [5.74, 6) is -2.72. The number of hydrogen-bond acceptors (Lipinski definition) is 3. The highest BCUT2D eigenvalue weighted by molar-refractivity contribution is 6.18. The van der Waals surface area contributed by atoms with Crippen molar-refractivity contribution in [1.82, 2.24) is 4.90 Å². The molecule has 1 amide bonds. The first-order valence-corrected chi connectivity index (χ1v) is 5.29. The Hall–Kier alpha value is -1.30. The quantitative estimate of drug-likeness (QED) is 0.669. The SMILES string of the molecule is O=C(O)C[C@@H](C(=O)O)N1CC(CCl)CC1=O. The van der Waals surface area contributed by atoms with Crippen LogP contribution in [0.5, 0.6) is 0 Å². The van der Waals surface area contributed by atoms with Gasteiger partial charge >= 0.3 is 11.9 Å². The number of aliphatic carboxylic acids is 2. The van der Waals surface area contributed by atoms with E-state index in [0.717, 1.165) is 4.90 Å². The summed E-state index contributed by atoms with van der Waals surface area (Å²) >= 11 is 5.59. The van der Waals surface area contributed by atoms with Gasteiger partial charge in [-0.15, -0.1) is 11.6 Å². The molecule has 1 rings (SSSR count). The van der Waals surface area contributed by atoms with Gasteiger partial charge in [0.1, 0.15) is 6.04 Å². The van der Waals surface area contributed by atoms with Crippen LogP contribution >= 0.6 is 11.6 Å². The summed E-state index contributed by atoms with van der Waals surface area (Å²) in [7, 11) is 0. The zero-order chi connectivity index (χ0) is 12.3. The number of carbonyl (C=O) groups is 3. The van der Waals surface area contributed by atoms with Gasteiger partial charge in [-0.1, -0.05) is 0 Å². The molecule has 16 heavy (non-hydrogen) atoms. The van der Waals surface area contributed by atoms with Crippen LogP contribution in [0.3, 0.4) is 0 Å². The minimum Gasteiger partial charge on any atom is -0.481 e. The summed E-state index contributed by atoms with van der Waals surface area (Å²) in [6.45, 7) is 0.215. The summed E-state index contributed by atoms with van der Waals surface area (Å²) in [6.07, 6.45) is -0.400. The number of carboxylic acid groups (broad SMARTS) is 2. The van der Waals surface area contributed by atoms with Crippen molar-refractivity contribution in [2.24, 2.45) is 5.92 Å². The number of hydrogen-bond donors (Lipinski definition) is 2. The van der Waals surface area contributed by atoms with Gasteiger partial charge in [0.15, 0.2) is 0 Å². The maximum absolute atomic E-state index is 11.5. The number of nitrogens with zero attached hydrogens (tertiary/aromatic N) is 1. The van der Waals surface area contributed by atoms with Crippen molar-refractivity contribution in [1.29, 1.82) is 0 Å². The van der Waals surface area contributed by atoms with E-state index in [4.69, 9.17) is 21.8 Å². The lowest BCUT2D eigenvalue weighted by Gasteiger charge is -2.23. The van der Waals surface area contributed by atoms with Crippen LogP contribution in [0.2, 0.25) is 0 Å². The normalized spacial score (nSPS) is 22.2. The molecule has 1 aliphatic heterocycles. The van der Waals surface area contributed by atoms with Gasteiger partial charge in [0.05, 0.1) is 6.42 Å². The summed E-state index contributed by atoms with van der Waals surface area (Å²) in [5, 5.41) is 17.4.